The van der Waals surface area contributed by atoms with Gasteiger partial charge >= 0.3 is 0 Å². The highest BCUT2D eigenvalue weighted by Gasteiger charge is 2.28. The molecule has 0 saturated carbocycles. The average Bonchev–Trinajstić information content (AvgIpc) is 2.78. The lowest BCUT2D eigenvalue weighted by Crippen LogP contribution is -2.37. The summed E-state index contributed by atoms with van der Waals surface area (Å²) >= 11 is 5.79. The molecule has 6 nitrogen and oxygen atoms in total. The molecule has 0 fully saturated rings. The Kier molecular flexibility index (Phi) is 4.91. The SMILES string of the molecule is Cc1noc(C)c1S(=O)(=O)NC(C)C(O)c1ccc(Cl)cc1. The van der Waals surface area contributed by atoms with Gasteiger partial charge in [-0.1, -0.05) is 28.9 Å². The first-order valence-electron chi connectivity index (χ1n) is 6.61. The van der Waals surface area contributed by atoms with Crippen LogP contribution in [-0.2, 0) is 10.0 Å². The van der Waals surface area contributed by atoms with Crippen molar-refractivity contribution >= 4 is 21.6 Å². The largest absolute Gasteiger partial charge is 0.387 e. The first-order chi connectivity index (χ1) is 10.2. The van der Waals surface area contributed by atoms with E-state index in [1.165, 1.54) is 6.92 Å². The van der Waals surface area contributed by atoms with Crippen molar-refractivity contribution in [2.75, 3.05) is 0 Å². The number of halogens is 1. The normalized spacial score (nSPS) is 14.8. The van der Waals surface area contributed by atoms with E-state index in [1.807, 2.05) is 0 Å². The highest BCUT2D eigenvalue weighted by molar-refractivity contribution is 7.89. The minimum atomic E-state index is -3.83. The average molecular weight is 345 g/mol. The second kappa shape index (κ2) is 6.37. The second-order valence-corrected chi connectivity index (χ2v) is 7.15. The van der Waals surface area contributed by atoms with Gasteiger partial charge < -0.3 is 9.63 Å². The molecule has 0 aliphatic rings. The van der Waals surface area contributed by atoms with E-state index in [-0.39, 0.29) is 16.3 Å². The van der Waals surface area contributed by atoms with Crippen LogP contribution in [0.5, 0.6) is 0 Å². The number of aromatic nitrogens is 1. The maximum Gasteiger partial charge on any atom is 0.246 e. The first-order valence-corrected chi connectivity index (χ1v) is 8.47. The summed E-state index contributed by atoms with van der Waals surface area (Å²) < 4.78 is 32.1. The smallest absolute Gasteiger partial charge is 0.246 e. The molecule has 0 saturated heterocycles. The zero-order valence-electron chi connectivity index (χ0n) is 12.4. The van der Waals surface area contributed by atoms with Gasteiger partial charge in [0.15, 0.2) is 5.76 Å². The fourth-order valence-corrected chi connectivity index (χ4v) is 3.88. The van der Waals surface area contributed by atoms with Crippen molar-refractivity contribution in [1.29, 1.82) is 0 Å². The van der Waals surface area contributed by atoms with Crippen LogP contribution < -0.4 is 4.72 Å². The van der Waals surface area contributed by atoms with Crippen LogP contribution in [-0.4, -0.2) is 24.7 Å². The molecule has 0 spiro atoms. The molecule has 0 bridgehead atoms. The lowest BCUT2D eigenvalue weighted by molar-refractivity contribution is 0.146. The number of nitrogens with zero attached hydrogens (tertiary/aromatic N) is 1. The predicted molar refractivity (Wildman–Crippen MR) is 82.2 cm³/mol. The summed E-state index contributed by atoms with van der Waals surface area (Å²) in [5, 5.41) is 14.4. The van der Waals surface area contributed by atoms with Crippen LogP contribution in [0.3, 0.4) is 0 Å². The third-order valence-corrected chi connectivity index (χ3v) is 5.32. The maximum atomic E-state index is 12.4. The lowest BCUT2D eigenvalue weighted by Gasteiger charge is -2.20. The van der Waals surface area contributed by atoms with Crippen molar-refractivity contribution in [3.05, 3.63) is 46.3 Å². The monoisotopic (exact) mass is 344 g/mol. The molecule has 1 heterocycles. The molecule has 2 unspecified atom stereocenters. The van der Waals surface area contributed by atoms with Gasteiger partial charge in [-0.15, -0.1) is 0 Å². The van der Waals surface area contributed by atoms with E-state index >= 15 is 0 Å². The second-order valence-electron chi connectivity index (χ2n) is 5.06. The Labute approximate surface area is 134 Å². The molecule has 0 amide bonds. The minimum absolute atomic E-state index is 0.00246. The fraction of sp³-hybridized carbons (Fsp3) is 0.357. The highest BCUT2D eigenvalue weighted by atomic mass is 35.5. The van der Waals surface area contributed by atoms with E-state index in [9.17, 15) is 13.5 Å². The van der Waals surface area contributed by atoms with E-state index < -0.39 is 22.2 Å². The maximum absolute atomic E-state index is 12.4. The van der Waals surface area contributed by atoms with E-state index in [0.717, 1.165) is 0 Å². The van der Waals surface area contributed by atoms with E-state index in [1.54, 1.807) is 38.1 Å². The molecule has 2 rings (SSSR count). The summed E-state index contributed by atoms with van der Waals surface area (Å²) in [5.74, 6) is 0.207. The molecular formula is C14H17ClN2O4S. The predicted octanol–water partition coefficient (Wildman–Crippen LogP) is 2.35. The summed E-state index contributed by atoms with van der Waals surface area (Å²) in [6.45, 7) is 4.65. The standard InChI is InChI=1S/C14H17ClN2O4S/c1-8(13(18)11-4-6-12(15)7-5-11)17-22(19,20)14-9(2)16-21-10(14)3/h4-8,13,17-18H,1-3H3. The van der Waals surface area contributed by atoms with E-state index in [2.05, 4.69) is 9.88 Å². The van der Waals surface area contributed by atoms with Crippen molar-refractivity contribution in [3.63, 3.8) is 0 Å². The minimum Gasteiger partial charge on any atom is -0.387 e. The zero-order chi connectivity index (χ0) is 16.5. The molecule has 22 heavy (non-hydrogen) atoms. The number of hydrogen-bond donors (Lipinski definition) is 2. The van der Waals surface area contributed by atoms with Gasteiger partial charge in [0, 0.05) is 11.1 Å². The summed E-state index contributed by atoms with van der Waals surface area (Å²) in [4.78, 5) is 0.00246. The number of aliphatic hydroxyl groups is 1. The number of rotatable bonds is 5. The quantitative estimate of drug-likeness (QED) is 0.868. The van der Waals surface area contributed by atoms with Crippen LogP contribution in [0.15, 0.2) is 33.7 Å². The third-order valence-electron chi connectivity index (χ3n) is 3.26. The van der Waals surface area contributed by atoms with Gasteiger partial charge in [0.2, 0.25) is 10.0 Å². The van der Waals surface area contributed by atoms with Crippen LogP contribution in [0, 0.1) is 13.8 Å². The number of hydrogen-bond acceptors (Lipinski definition) is 5. The molecule has 8 heteroatoms. The number of sulfonamides is 1. The summed E-state index contributed by atoms with van der Waals surface area (Å²) in [6.07, 6.45) is -1.01. The molecule has 0 radical (unpaired) electrons. The highest BCUT2D eigenvalue weighted by Crippen LogP contribution is 2.23. The summed E-state index contributed by atoms with van der Waals surface area (Å²) in [5.41, 5.74) is 0.844. The topological polar surface area (TPSA) is 92.4 Å². The van der Waals surface area contributed by atoms with Crippen molar-refractivity contribution < 1.29 is 18.0 Å². The molecule has 2 aromatic rings. The number of aliphatic hydroxyl groups excluding tert-OH is 1. The fourth-order valence-electron chi connectivity index (χ4n) is 2.18. The Balaban J connectivity index is 2.20. The van der Waals surface area contributed by atoms with Crippen molar-refractivity contribution in [3.8, 4) is 0 Å². The van der Waals surface area contributed by atoms with Crippen LogP contribution >= 0.6 is 11.6 Å². The molecule has 120 valence electrons. The Morgan fingerprint density at radius 2 is 1.86 bits per heavy atom. The molecule has 1 aromatic heterocycles. The van der Waals surface area contributed by atoms with Crippen molar-refractivity contribution in [2.24, 2.45) is 0 Å². The molecule has 0 aliphatic carbocycles. The Morgan fingerprint density at radius 3 is 2.36 bits per heavy atom. The van der Waals surface area contributed by atoms with Gasteiger partial charge in [-0.3, -0.25) is 0 Å². The number of aryl methyl sites for hydroxylation is 2. The van der Waals surface area contributed by atoms with E-state index in [4.69, 9.17) is 16.1 Å². The van der Waals surface area contributed by atoms with Crippen molar-refractivity contribution in [2.45, 2.75) is 37.8 Å². The molecule has 1 aromatic carbocycles. The van der Waals surface area contributed by atoms with Crippen molar-refractivity contribution in [1.82, 2.24) is 9.88 Å². The van der Waals surface area contributed by atoms with Gasteiger partial charge in [0.05, 0.1) is 6.10 Å². The molecular weight excluding hydrogens is 328 g/mol. The van der Waals surface area contributed by atoms with Crippen LogP contribution in [0.2, 0.25) is 5.02 Å². The molecule has 0 aliphatic heterocycles. The lowest BCUT2D eigenvalue weighted by atomic mass is 10.0. The molecule has 2 N–H and O–H groups in total. The number of benzene rings is 1. The van der Waals surface area contributed by atoms with Gasteiger partial charge in [0.1, 0.15) is 10.6 Å². The zero-order valence-corrected chi connectivity index (χ0v) is 13.9. The van der Waals surface area contributed by atoms with Gasteiger partial charge in [-0.2, -0.15) is 0 Å². The van der Waals surface area contributed by atoms with Gasteiger partial charge in [-0.25, -0.2) is 13.1 Å². The van der Waals surface area contributed by atoms with E-state index in [0.29, 0.717) is 10.6 Å². The Morgan fingerprint density at radius 1 is 1.27 bits per heavy atom. The van der Waals surface area contributed by atoms with Gasteiger partial charge in [-0.05, 0) is 38.5 Å². The third kappa shape index (κ3) is 3.49. The summed E-state index contributed by atoms with van der Waals surface area (Å²) in [6, 6.07) is 5.83. The first kappa shape index (κ1) is 17.0. The summed E-state index contributed by atoms with van der Waals surface area (Å²) in [7, 11) is -3.83. The van der Waals surface area contributed by atoms with Crippen LogP contribution in [0.25, 0.3) is 0 Å². The molecule has 2 atom stereocenters. The Hall–Kier alpha value is -1.41. The van der Waals surface area contributed by atoms with Crippen LogP contribution in [0.4, 0.5) is 0 Å². The van der Waals surface area contributed by atoms with Gasteiger partial charge in [0.25, 0.3) is 0 Å². The number of nitrogens with one attached hydrogen (secondary N) is 1. The van der Waals surface area contributed by atoms with Crippen LogP contribution in [0.1, 0.15) is 30.0 Å². The Bertz CT molecular complexity index is 736.